The first-order valence-corrected chi connectivity index (χ1v) is 6.29. The van der Waals surface area contributed by atoms with Crippen LogP contribution in [0, 0.1) is 0 Å². The fourth-order valence-corrected chi connectivity index (χ4v) is 3.00. The van der Waals surface area contributed by atoms with Crippen molar-refractivity contribution in [3.8, 4) is 10.0 Å². The van der Waals surface area contributed by atoms with Gasteiger partial charge in [-0.05, 0) is 0 Å². The summed E-state index contributed by atoms with van der Waals surface area (Å²) in [5.74, 6) is 0. The molecule has 0 saturated heterocycles. The van der Waals surface area contributed by atoms with E-state index in [4.69, 9.17) is 0 Å². The van der Waals surface area contributed by atoms with Crippen molar-refractivity contribution >= 4 is 30.4 Å². The third-order valence-electron chi connectivity index (χ3n) is 1.63. The Morgan fingerprint density at radius 1 is 1.08 bits per heavy atom. The Kier molecular flexibility index (Phi) is 2.50. The van der Waals surface area contributed by atoms with Gasteiger partial charge in [-0.15, -0.1) is 0 Å². The number of benzene rings is 1. The van der Waals surface area contributed by atoms with Crippen molar-refractivity contribution in [2.75, 3.05) is 0 Å². The fourth-order valence-electron chi connectivity index (χ4n) is 1.08. The normalized spacial score (nSPS) is 10.1. The predicted molar refractivity (Wildman–Crippen MR) is 56.5 cm³/mol. The van der Waals surface area contributed by atoms with Crippen molar-refractivity contribution in [3.05, 3.63) is 45.8 Å². The van der Waals surface area contributed by atoms with Gasteiger partial charge < -0.3 is 0 Å². The molecule has 0 fully saturated rings. The van der Waals surface area contributed by atoms with E-state index in [0.29, 0.717) is 14.5 Å². The Labute approximate surface area is 86.1 Å². The molecule has 60 valence electrons. The van der Waals surface area contributed by atoms with Crippen molar-refractivity contribution in [2.24, 2.45) is 0 Å². The molecule has 0 spiro atoms. The minimum absolute atomic E-state index is 0.542. The van der Waals surface area contributed by atoms with Gasteiger partial charge in [0.2, 0.25) is 0 Å². The van der Waals surface area contributed by atoms with Crippen LogP contribution in [0.15, 0.2) is 45.8 Å². The maximum absolute atomic E-state index is 3.47. The van der Waals surface area contributed by atoms with E-state index in [1.807, 2.05) is 0 Å². The van der Waals surface area contributed by atoms with E-state index in [2.05, 4.69) is 57.3 Å². The molecule has 2 aromatic rings. The van der Waals surface area contributed by atoms with Gasteiger partial charge >= 0.3 is 86.2 Å². The maximum atomic E-state index is 3.47. The molecular formula is C10H7BrSe. The van der Waals surface area contributed by atoms with Crippen LogP contribution in [0.1, 0.15) is 0 Å². The first-order valence-electron chi connectivity index (χ1n) is 3.66. The second-order valence-corrected chi connectivity index (χ2v) is 5.39. The molecule has 0 aliphatic heterocycles. The molecule has 1 heterocycles. The van der Waals surface area contributed by atoms with Crippen LogP contribution in [0.5, 0.6) is 0 Å². The van der Waals surface area contributed by atoms with Crippen LogP contribution >= 0.6 is 15.9 Å². The fraction of sp³-hybridized carbons (Fsp3) is 0. The summed E-state index contributed by atoms with van der Waals surface area (Å²) in [6.07, 6.45) is 0. The van der Waals surface area contributed by atoms with Gasteiger partial charge in [-0.25, -0.2) is 0 Å². The summed E-state index contributed by atoms with van der Waals surface area (Å²) in [6, 6.07) is 12.8. The van der Waals surface area contributed by atoms with E-state index in [1.54, 1.807) is 0 Å². The van der Waals surface area contributed by atoms with Gasteiger partial charge in [0.25, 0.3) is 0 Å². The standard InChI is InChI=1S/C10H7BrSe/c11-9-4-1-3-8(7-9)10-5-2-6-12-10/h1-7H. The van der Waals surface area contributed by atoms with E-state index >= 15 is 0 Å². The predicted octanol–water partition coefficient (Wildman–Crippen LogP) is 3.17. The molecule has 0 amide bonds. The topological polar surface area (TPSA) is 0 Å². The molecule has 2 rings (SSSR count). The molecule has 0 aliphatic carbocycles. The van der Waals surface area contributed by atoms with Crippen LogP contribution in [0.25, 0.3) is 10.0 Å². The first-order chi connectivity index (χ1) is 5.86. The number of rotatable bonds is 1. The summed E-state index contributed by atoms with van der Waals surface area (Å²) >= 11 is 4.01. The molecule has 0 aliphatic rings. The van der Waals surface area contributed by atoms with Gasteiger partial charge in [-0.2, -0.15) is 0 Å². The zero-order valence-corrected chi connectivity index (χ0v) is 9.63. The third kappa shape index (κ3) is 1.71. The molecule has 1 aromatic heterocycles. The molecule has 2 heteroatoms. The van der Waals surface area contributed by atoms with Gasteiger partial charge in [0.15, 0.2) is 0 Å². The Balaban J connectivity index is 2.48. The number of hydrogen-bond donors (Lipinski definition) is 0. The van der Waals surface area contributed by atoms with Crippen molar-refractivity contribution < 1.29 is 0 Å². The van der Waals surface area contributed by atoms with Crippen LogP contribution in [0.3, 0.4) is 0 Å². The Bertz CT molecular complexity index is 365. The summed E-state index contributed by atoms with van der Waals surface area (Å²) in [6.45, 7) is 0. The van der Waals surface area contributed by atoms with E-state index in [1.165, 1.54) is 10.0 Å². The molecule has 0 atom stereocenters. The van der Waals surface area contributed by atoms with Gasteiger partial charge in [0, 0.05) is 0 Å². The van der Waals surface area contributed by atoms with Crippen molar-refractivity contribution in [1.29, 1.82) is 0 Å². The summed E-state index contributed by atoms with van der Waals surface area (Å²) in [5.41, 5.74) is 1.34. The molecule has 1 aromatic carbocycles. The van der Waals surface area contributed by atoms with Crippen LogP contribution in [-0.4, -0.2) is 14.5 Å². The second kappa shape index (κ2) is 3.61. The molecule has 0 saturated carbocycles. The summed E-state index contributed by atoms with van der Waals surface area (Å²) < 4.78 is 2.62. The molecule has 0 nitrogen and oxygen atoms in total. The summed E-state index contributed by atoms with van der Waals surface area (Å²) in [7, 11) is 0. The molecular weight excluding hydrogens is 279 g/mol. The van der Waals surface area contributed by atoms with Crippen LogP contribution < -0.4 is 0 Å². The van der Waals surface area contributed by atoms with E-state index in [9.17, 15) is 0 Å². The zero-order chi connectivity index (χ0) is 8.39. The van der Waals surface area contributed by atoms with Crippen LogP contribution in [-0.2, 0) is 0 Å². The quantitative estimate of drug-likeness (QED) is 0.706. The van der Waals surface area contributed by atoms with E-state index < -0.39 is 0 Å². The summed E-state index contributed by atoms with van der Waals surface area (Å²) in [5, 5.41) is 0. The van der Waals surface area contributed by atoms with E-state index in [-0.39, 0.29) is 0 Å². The van der Waals surface area contributed by atoms with Crippen LogP contribution in [0.2, 0.25) is 0 Å². The van der Waals surface area contributed by atoms with Crippen molar-refractivity contribution in [2.45, 2.75) is 0 Å². The first kappa shape index (κ1) is 8.30. The number of halogens is 1. The zero-order valence-electron chi connectivity index (χ0n) is 6.33. The summed E-state index contributed by atoms with van der Waals surface area (Å²) in [4.78, 5) is 2.24. The Hall–Kier alpha value is -0.301. The van der Waals surface area contributed by atoms with Gasteiger partial charge in [-0.3, -0.25) is 0 Å². The van der Waals surface area contributed by atoms with Gasteiger partial charge in [-0.1, -0.05) is 0 Å². The Morgan fingerprint density at radius 2 is 2.00 bits per heavy atom. The van der Waals surface area contributed by atoms with Gasteiger partial charge in [0.05, 0.1) is 0 Å². The monoisotopic (exact) mass is 286 g/mol. The Morgan fingerprint density at radius 3 is 2.67 bits per heavy atom. The minimum atomic E-state index is 0.542. The molecule has 12 heavy (non-hydrogen) atoms. The van der Waals surface area contributed by atoms with Gasteiger partial charge in [0.1, 0.15) is 0 Å². The van der Waals surface area contributed by atoms with E-state index in [0.717, 1.165) is 4.47 Å². The molecule has 0 bridgehead atoms. The average molecular weight is 286 g/mol. The molecule has 0 N–H and O–H groups in total. The SMILES string of the molecule is Brc1cccc(-c2ccc[se]2)c1. The van der Waals surface area contributed by atoms with Crippen molar-refractivity contribution in [1.82, 2.24) is 0 Å². The average Bonchev–Trinajstić information content (AvgIpc) is 2.56. The number of hydrogen-bond acceptors (Lipinski definition) is 0. The van der Waals surface area contributed by atoms with Crippen LogP contribution in [0.4, 0.5) is 0 Å². The molecule has 0 radical (unpaired) electrons. The second-order valence-electron chi connectivity index (χ2n) is 2.49. The molecule has 0 unspecified atom stereocenters. The van der Waals surface area contributed by atoms with Crippen molar-refractivity contribution in [3.63, 3.8) is 0 Å². The third-order valence-corrected chi connectivity index (χ3v) is 4.05.